The molecular weight excluding hydrogens is 481 g/mol. The molecular formula is C27H31F3N6O. The van der Waals surface area contributed by atoms with Gasteiger partial charge in [0.25, 0.3) is 0 Å². The number of rotatable bonds is 6. The molecule has 1 atom stereocenters. The van der Waals surface area contributed by atoms with Crippen LogP contribution in [0.3, 0.4) is 0 Å². The third-order valence-electron chi connectivity index (χ3n) is 7.31. The molecule has 10 heteroatoms. The van der Waals surface area contributed by atoms with Gasteiger partial charge in [-0.05, 0) is 62.1 Å². The number of aryl methyl sites for hydroxylation is 1. The number of hydrogen-bond acceptors (Lipinski definition) is 6. The summed E-state index contributed by atoms with van der Waals surface area (Å²) in [5.74, 6) is -0.000442. The number of carbonyl (C=O) groups is 1. The van der Waals surface area contributed by atoms with Crippen LogP contribution in [0.4, 0.5) is 24.7 Å². The van der Waals surface area contributed by atoms with Crippen molar-refractivity contribution in [2.24, 2.45) is 0 Å². The van der Waals surface area contributed by atoms with E-state index in [2.05, 4.69) is 61.6 Å². The van der Waals surface area contributed by atoms with E-state index < -0.39 is 11.7 Å². The van der Waals surface area contributed by atoms with Crippen LogP contribution in [0, 0.1) is 6.92 Å². The predicted molar refractivity (Wildman–Crippen MR) is 138 cm³/mol. The van der Waals surface area contributed by atoms with Gasteiger partial charge < -0.3 is 15.5 Å². The second-order valence-electron chi connectivity index (χ2n) is 9.91. The van der Waals surface area contributed by atoms with Crippen LogP contribution in [0.2, 0.25) is 0 Å². The number of benzene rings is 2. The first-order valence-electron chi connectivity index (χ1n) is 12.7. The zero-order chi connectivity index (χ0) is 26.0. The maximum atomic E-state index is 13.1. The fourth-order valence-corrected chi connectivity index (χ4v) is 5.37. The Kier molecular flexibility index (Phi) is 7.19. The first-order valence-corrected chi connectivity index (χ1v) is 12.7. The zero-order valence-electron chi connectivity index (χ0n) is 20.8. The molecule has 2 fully saturated rings. The normalized spacial score (nSPS) is 19.4. The second-order valence-corrected chi connectivity index (χ2v) is 9.91. The van der Waals surface area contributed by atoms with Gasteiger partial charge in [0.1, 0.15) is 12.1 Å². The maximum absolute atomic E-state index is 13.1. The van der Waals surface area contributed by atoms with Gasteiger partial charge in [-0.15, -0.1) is 0 Å². The highest BCUT2D eigenvalue weighted by Gasteiger charge is 2.32. The second kappa shape index (κ2) is 10.5. The van der Waals surface area contributed by atoms with Crippen molar-refractivity contribution >= 4 is 28.3 Å². The van der Waals surface area contributed by atoms with Gasteiger partial charge in [-0.1, -0.05) is 12.1 Å². The van der Waals surface area contributed by atoms with Crippen molar-refractivity contribution in [2.75, 3.05) is 42.9 Å². The molecule has 7 nitrogen and oxygen atoms in total. The van der Waals surface area contributed by atoms with Crippen LogP contribution < -0.4 is 15.5 Å². The van der Waals surface area contributed by atoms with E-state index in [1.54, 1.807) is 0 Å². The Labute approximate surface area is 214 Å². The average molecular weight is 513 g/mol. The number of alkyl halides is 3. The number of anilines is 2. The van der Waals surface area contributed by atoms with E-state index in [0.29, 0.717) is 11.6 Å². The molecule has 0 spiro atoms. The fourth-order valence-electron chi connectivity index (χ4n) is 5.37. The SMILES string of the molecule is Cc1cccc(N2CCC(N3CC[C@@H](NC(=O)CNc4ncnc5ccc(C(F)(F)F)cc45)C3)CC2)c1. The van der Waals surface area contributed by atoms with Crippen molar-refractivity contribution in [1.82, 2.24) is 20.2 Å². The largest absolute Gasteiger partial charge is 0.416 e. The number of piperidine rings is 1. The average Bonchev–Trinajstić information content (AvgIpc) is 3.35. The lowest BCUT2D eigenvalue weighted by Gasteiger charge is -2.38. The monoisotopic (exact) mass is 512 g/mol. The third kappa shape index (κ3) is 5.95. The molecule has 1 amide bonds. The number of amides is 1. The van der Waals surface area contributed by atoms with Gasteiger partial charge in [0, 0.05) is 49.3 Å². The molecule has 3 heterocycles. The van der Waals surface area contributed by atoms with Crippen molar-refractivity contribution in [1.29, 1.82) is 0 Å². The van der Waals surface area contributed by atoms with Crippen LogP contribution in [-0.2, 0) is 11.0 Å². The van der Waals surface area contributed by atoms with Crippen LogP contribution in [0.25, 0.3) is 10.9 Å². The zero-order valence-corrected chi connectivity index (χ0v) is 20.8. The van der Waals surface area contributed by atoms with E-state index in [4.69, 9.17) is 0 Å². The lowest BCUT2D eigenvalue weighted by atomic mass is 10.0. The highest BCUT2D eigenvalue weighted by molar-refractivity contribution is 5.91. The number of nitrogens with zero attached hydrogens (tertiary/aromatic N) is 4. The van der Waals surface area contributed by atoms with Crippen molar-refractivity contribution in [3.63, 3.8) is 0 Å². The van der Waals surface area contributed by atoms with Crippen molar-refractivity contribution in [2.45, 2.75) is 44.4 Å². The summed E-state index contributed by atoms with van der Waals surface area (Å²) in [5, 5.41) is 6.19. The topological polar surface area (TPSA) is 73.4 Å². The van der Waals surface area contributed by atoms with Gasteiger partial charge in [0.2, 0.25) is 5.91 Å². The number of fused-ring (bicyclic) bond motifs is 1. The molecule has 2 saturated heterocycles. The molecule has 2 aromatic carbocycles. The summed E-state index contributed by atoms with van der Waals surface area (Å²) in [6.07, 6.45) is -0.123. The van der Waals surface area contributed by atoms with E-state index in [0.717, 1.165) is 57.6 Å². The standard InChI is InChI=1S/C27H31F3N6O/c1-18-3-2-4-22(13-18)35-11-8-21(9-12-35)36-10-7-20(16-36)34-25(37)15-31-26-23-14-19(27(28,29)30)5-6-24(23)32-17-33-26/h2-6,13-14,17,20-21H,7-12,15-16H2,1H3,(H,34,37)(H,31,32,33)/t20-/m1/s1. The lowest BCUT2D eigenvalue weighted by Crippen LogP contribution is -2.46. The van der Waals surface area contributed by atoms with E-state index >= 15 is 0 Å². The fraction of sp³-hybridized carbons (Fsp3) is 0.444. The Morgan fingerprint density at radius 1 is 1.05 bits per heavy atom. The first kappa shape index (κ1) is 25.3. The maximum Gasteiger partial charge on any atom is 0.416 e. The van der Waals surface area contributed by atoms with Gasteiger partial charge in [-0.2, -0.15) is 13.2 Å². The van der Waals surface area contributed by atoms with Crippen molar-refractivity contribution in [3.05, 3.63) is 59.9 Å². The Balaban J connectivity index is 1.11. The molecule has 0 saturated carbocycles. The highest BCUT2D eigenvalue weighted by atomic mass is 19.4. The molecule has 0 aliphatic carbocycles. The van der Waals surface area contributed by atoms with Crippen molar-refractivity contribution < 1.29 is 18.0 Å². The lowest BCUT2D eigenvalue weighted by molar-refractivity contribution is -0.137. The molecule has 0 radical (unpaired) electrons. The minimum Gasteiger partial charge on any atom is -0.371 e. The van der Waals surface area contributed by atoms with E-state index in [1.165, 1.54) is 23.6 Å². The smallest absolute Gasteiger partial charge is 0.371 e. The molecule has 5 rings (SSSR count). The Bertz CT molecular complexity index is 1260. The number of aromatic nitrogens is 2. The Morgan fingerprint density at radius 3 is 2.62 bits per heavy atom. The van der Waals surface area contributed by atoms with Gasteiger partial charge in [0.05, 0.1) is 17.6 Å². The molecule has 37 heavy (non-hydrogen) atoms. The minimum atomic E-state index is -4.47. The molecule has 2 N–H and O–H groups in total. The number of hydrogen-bond donors (Lipinski definition) is 2. The van der Waals surface area contributed by atoms with Gasteiger partial charge in [-0.3, -0.25) is 9.69 Å². The van der Waals surface area contributed by atoms with Gasteiger partial charge in [0.15, 0.2) is 0 Å². The van der Waals surface area contributed by atoms with Crippen LogP contribution in [0.15, 0.2) is 48.8 Å². The first-order chi connectivity index (χ1) is 17.8. The van der Waals surface area contributed by atoms with Crippen LogP contribution in [0.5, 0.6) is 0 Å². The van der Waals surface area contributed by atoms with Crippen molar-refractivity contribution in [3.8, 4) is 0 Å². The summed E-state index contributed by atoms with van der Waals surface area (Å²) < 4.78 is 39.4. The summed E-state index contributed by atoms with van der Waals surface area (Å²) >= 11 is 0. The number of nitrogens with one attached hydrogen (secondary N) is 2. The number of carbonyl (C=O) groups excluding carboxylic acids is 1. The molecule has 196 valence electrons. The Morgan fingerprint density at radius 2 is 1.86 bits per heavy atom. The van der Waals surface area contributed by atoms with Crippen LogP contribution >= 0.6 is 0 Å². The minimum absolute atomic E-state index is 0.0584. The quantitative estimate of drug-likeness (QED) is 0.515. The van der Waals surface area contributed by atoms with Crippen LogP contribution in [-0.4, -0.2) is 65.6 Å². The summed E-state index contributed by atoms with van der Waals surface area (Å²) in [4.78, 5) is 25.6. The van der Waals surface area contributed by atoms with Crippen LogP contribution in [0.1, 0.15) is 30.4 Å². The molecule has 0 unspecified atom stereocenters. The molecule has 0 bridgehead atoms. The van der Waals surface area contributed by atoms with E-state index in [1.807, 2.05) is 0 Å². The van der Waals surface area contributed by atoms with Gasteiger partial charge in [-0.25, -0.2) is 9.97 Å². The summed E-state index contributed by atoms with van der Waals surface area (Å²) in [6, 6.07) is 12.5. The summed E-state index contributed by atoms with van der Waals surface area (Å²) in [6.45, 7) is 5.84. The molecule has 1 aromatic heterocycles. The highest BCUT2D eigenvalue weighted by Crippen LogP contribution is 2.32. The summed E-state index contributed by atoms with van der Waals surface area (Å²) in [5.41, 5.74) is 2.15. The third-order valence-corrected chi connectivity index (χ3v) is 7.31. The summed E-state index contributed by atoms with van der Waals surface area (Å²) in [7, 11) is 0. The predicted octanol–water partition coefficient (Wildman–Crippen LogP) is 4.23. The van der Waals surface area contributed by atoms with Gasteiger partial charge >= 0.3 is 6.18 Å². The van der Waals surface area contributed by atoms with E-state index in [9.17, 15) is 18.0 Å². The molecule has 2 aliphatic rings. The number of halogens is 3. The molecule has 3 aromatic rings. The molecule has 2 aliphatic heterocycles. The van der Waals surface area contributed by atoms with E-state index in [-0.39, 0.29) is 29.7 Å². The number of likely N-dealkylation sites (tertiary alicyclic amines) is 1. The Hall–Kier alpha value is -3.40.